The Morgan fingerprint density at radius 3 is 2.31 bits per heavy atom. The molecule has 0 aliphatic rings. The first-order chi connectivity index (χ1) is 17.4. The average molecular weight is 519 g/mol. The Hall–Kier alpha value is -4.01. The summed E-state index contributed by atoms with van der Waals surface area (Å²) < 4.78 is 0. The Bertz CT molecular complexity index is 1370. The lowest BCUT2D eigenvalue weighted by atomic mass is 10.0. The fourth-order valence-corrected chi connectivity index (χ4v) is 4.52. The summed E-state index contributed by atoms with van der Waals surface area (Å²) in [6.45, 7) is 1.45. The Morgan fingerprint density at radius 2 is 1.61 bits per heavy atom. The first-order valence-electron chi connectivity index (χ1n) is 11.1. The van der Waals surface area contributed by atoms with E-state index in [9.17, 15) is 14.4 Å². The maximum absolute atomic E-state index is 12.9. The molecule has 0 saturated carbocycles. The minimum Gasteiger partial charge on any atom is -0.345 e. The van der Waals surface area contributed by atoms with Crippen LogP contribution in [0.25, 0.3) is 11.3 Å². The summed E-state index contributed by atoms with van der Waals surface area (Å²) in [6, 6.07) is 22.8. The summed E-state index contributed by atoms with van der Waals surface area (Å²) in [6.07, 6.45) is 0.0144. The molecule has 0 unspecified atom stereocenters. The van der Waals surface area contributed by atoms with Gasteiger partial charge in [-0.25, -0.2) is 4.98 Å². The zero-order chi connectivity index (χ0) is 25.5. The van der Waals surface area contributed by atoms with Gasteiger partial charge >= 0.3 is 0 Å². The molecule has 0 bridgehead atoms. The molecule has 3 N–H and O–H groups in total. The lowest BCUT2D eigenvalue weighted by Gasteiger charge is -2.19. The van der Waals surface area contributed by atoms with Gasteiger partial charge in [-0.3, -0.25) is 14.4 Å². The number of amides is 3. The zero-order valence-electron chi connectivity index (χ0n) is 19.3. The third-order valence-corrected chi connectivity index (χ3v) is 6.35. The molecule has 3 amide bonds. The molecule has 7 nitrogen and oxygen atoms in total. The highest BCUT2D eigenvalue weighted by molar-refractivity contribution is 7.14. The molecule has 9 heteroatoms. The van der Waals surface area contributed by atoms with Crippen LogP contribution >= 0.6 is 22.9 Å². The maximum atomic E-state index is 12.9. The molecule has 0 aliphatic heterocycles. The predicted octanol–water partition coefficient (Wildman–Crippen LogP) is 5.92. The summed E-state index contributed by atoms with van der Waals surface area (Å²) >= 11 is 7.49. The van der Waals surface area contributed by atoms with E-state index in [-0.39, 0.29) is 24.1 Å². The molecule has 1 atom stereocenters. The van der Waals surface area contributed by atoms with E-state index in [0.717, 1.165) is 11.1 Å². The van der Waals surface area contributed by atoms with E-state index in [1.165, 1.54) is 18.3 Å². The number of thiazole rings is 1. The highest BCUT2D eigenvalue weighted by Crippen LogP contribution is 2.27. The predicted molar refractivity (Wildman–Crippen MR) is 143 cm³/mol. The minimum atomic E-state index is -0.560. The van der Waals surface area contributed by atoms with E-state index in [2.05, 4.69) is 20.9 Å². The third kappa shape index (κ3) is 6.56. The Labute approximate surface area is 217 Å². The second kappa shape index (κ2) is 11.6. The number of halogens is 1. The molecule has 36 heavy (non-hydrogen) atoms. The number of nitrogens with one attached hydrogen (secondary N) is 3. The van der Waals surface area contributed by atoms with Gasteiger partial charge in [-0.2, -0.15) is 0 Å². The fourth-order valence-electron chi connectivity index (χ4n) is 3.57. The molecule has 1 heterocycles. The monoisotopic (exact) mass is 518 g/mol. The number of benzene rings is 3. The van der Waals surface area contributed by atoms with Crippen LogP contribution in [0, 0.1) is 0 Å². The largest absolute Gasteiger partial charge is 0.345 e. The van der Waals surface area contributed by atoms with Gasteiger partial charge in [0, 0.05) is 23.6 Å². The first kappa shape index (κ1) is 25.1. The molecular formula is C27H23ClN4O3S. The van der Waals surface area contributed by atoms with Gasteiger partial charge in [-0.05, 0) is 29.8 Å². The number of rotatable bonds is 8. The summed E-state index contributed by atoms with van der Waals surface area (Å²) in [5.41, 5.74) is 3.40. The Kier molecular flexibility index (Phi) is 8.10. The van der Waals surface area contributed by atoms with Crippen LogP contribution in [0.1, 0.15) is 35.3 Å². The molecule has 182 valence electrons. The van der Waals surface area contributed by atoms with Crippen molar-refractivity contribution in [1.29, 1.82) is 0 Å². The number of carbonyl (C=O) groups is 3. The van der Waals surface area contributed by atoms with Crippen molar-refractivity contribution in [2.45, 2.75) is 19.4 Å². The second-order valence-corrected chi connectivity index (χ2v) is 9.23. The minimum absolute atomic E-state index is 0.0144. The van der Waals surface area contributed by atoms with Crippen molar-refractivity contribution in [2.75, 3.05) is 10.6 Å². The second-order valence-electron chi connectivity index (χ2n) is 7.97. The van der Waals surface area contributed by atoms with Gasteiger partial charge in [0.15, 0.2) is 5.13 Å². The van der Waals surface area contributed by atoms with Crippen LogP contribution in [0.3, 0.4) is 0 Å². The molecule has 0 spiro atoms. The van der Waals surface area contributed by atoms with Crippen LogP contribution in [-0.4, -0.2) is 22.7 Å². The topological polar surface area (TPSA) is 100 Å². The smallest absolute Gasteiger partial charge is 0.253 e. The van der Waals surface area contributed by atoms with E-state index < -0.39 is 6.04 Å². The van der Waals surface area contributed by atoms with Crippen molar-refractivity contribution in [2.24, 2.45) is 0 Å². The highest BCUT2D eigenvalue weighted by Gasteiger charge is 2.21. The molecule has 3 aromatic carbocycles. The average Bonchev–Trinajstić information content (AvgIpc) is 3.32. The molecule has 0 fully saturated rings. The number of anilines is 2. The fraction of sp³-hybridized carbons (Fsp3) is 0.111. The Balaban J connectivity index is 1.44. The van der Waals surface area contributed by atoms with E-state index in [1.807, 2.05) is 47.8 Å². The number of carbonyl (C=O) groups excluding carboxylic acids is 3. The Morgan fingerprint density at radius 1 is 0.917 bits per heavy atom. The summed E-state index contributed by atoms with van der Waals surface area (Å²) in [5, 5.41) is 11.1. The number of hydrogen-bond acceptors (Lipinski definition) is 5. The van der Waals surface area contributed by atoms with Crippen LogP contribution in [0.5, 0.6) is 0 Å². The standard InChI is InChI=1S/C27H23ClN4O3S/c1-17(33)29-20-13-11-19(12-14-20)24-16-36-27(31-24)32-25(34)15-23(18-7-3-2-4-8-18)30-26(35)21-9-5-6-10-22(21)28/h2-14,16,23H,15H2,1H3,(H,29,33)(H,30,35)(H,31,32,34)/t23-/m1/s1. The van der Waals surface area contributed by atoms with Gasteiger partial charge in [0.1, 0.15) is 0 Å². The quantitative estimate of drug-likeness (QED) is 0.269. The first-order valence-corrected chi connectivity index (χ1v) is 12.4. The lowest BCUT2D eigenvalue weighted by molar-refractivity contribution is -0.116. The molecule has 0 saturated heterocycles. The van der Waals surface area contributed by atoms with E-state index >= 15 is 0 Å². The van der Waals surface area contributed by atoms with Gasteiger partial charge in [-0.15, -0.1) is 11.3 Å². The van der Waals surface area contributed by atoms with E-state index in [1.54, 1.807) is 36.4 Å². The van der Waals surface area contributed by atoms with Crippen LogP contribution in [-0.2, 0) is 9.59 Å². The van der Waals surface area contributed by atoms with Crippen molar-refractivity contribution in [3.05, 3.63) is 100 Å². The summed E-state index contributed by atoms with van der Waals surface area (Å²) in [7, 11) is 0. The van der Waals surface area contributed by atoms with Gasteiger partial charge in [0.25, 0.3) is 5.91 Å². The van der Waals surface area contributed by atoms with Crippen molar-refractivity contribution in [3.63, 3.8) is 0 Å². The van der Waals surface area contributed by atoms with E-state index in [0.29, 0.717) is 27.1 Å². The van der Waals surface area contributed by atoms with E-state index in [4.69, 9.17) is 11.6 Å². The number of aromatic nitrogens is 1. The van der Waals surface area contributed by atoms with Gasteiger partial charge in [0.2, 0.25) is 11.8 Å². The SMILES string of the molecule is CC(=O)Nc1ccc(-c2csc(NC(=O)C[C@@H](NC(=O)c3ccccc3Cl)c3ccccc3)n2)cc1. The van der Waals surface area contributed by atoms with Crippen molar-refractivity contribution in [3.8, 4) is 11.3 Å². The molecule has 0 aliphatic carbocycles. The summed E-state index contributed by atoms with van der Waals surface area (Å²) in [4.78, 5) is 41.5. The summed E-state index contributed by atoms with van der Waals surface area (Å²) in [5.74, 6) is -0.787. The van der Waals surface area contributed by atoms with Gasteiger partial charge in [0.05, 0.1) is 28.7 Å². The highest BCUT2D eigenvalue weighted by atomic mass is 35.5. The van der Waals surface area contributed by atoms with Crippen molar-refractivity contribution < 1.29 is 14.4 Å². The zero-order valence-corrected chi connectivity index (χ0v) is 20.9. The van der Waals surface area contributed by atoms with Crippen molar-refractivity contribution in [1.82, 2.24) is 10.3 Å². The molecule has 4 rings (SSSR count). The van der Waals surface area contributed by atoms with Crippen LogP contribution < -0.4 is 16.0 Å². The molecular weight excluding hydrogens is 496 g/mol. The maximum Gasteiger partial charge on any atom is 0.253 e. The van der Waals surface area contributed by atoms with Gasteiger partial charge < -0.3 is 16.0 Å². The van der Waals surface area contributed by atoms with Crippen molar-refractivity contribution >= 4 is 51.5 Å². The molecule has 0 radical (unpaired) electrons. The van der Waals surface area contributed by atoms with Crippen LogP contribution in [0.15, 0.2) is 84.2 Å². The number of nitrogens with zero attached hydrogens (tertiary/aromatic N) is 1. The normalized spacial score (nSPS) is 11.4. The van der Waals surface area contributed by atoms with Crippen LogP contribution in [0.4, 0.5) is 10.8 Å². The molecule has 4 aromatic rings. The van der Waals surface area contributed by atoms with Gasteiger partial charge in [-0.1, -0.05) is 66.2 Å². The number of hydrogen-bond donors (Lipinski definition) is 3. The third-order valence-electron chi connectivity index (χ3n) is 5.27. The molecule has 1 aromatic heterocycles. The lowest BCUT2D eigenvalue weighted by Crippen LogP contribution is -2.31. The van der Waals surface area contributed by atoms with Crippen LogP contribution in [0.2, 0.25) is 5.02 Å².